The maximum absolute atomic E-state index is 13.2. The molecule has 1 N–H and O–H groups in total. The average molecular weight is 393 g/mol. The fourth-order valence-electron chi connectivity index (χ4n) is 3.06. The van der Waals surface area contributed by atoms with Crippen LogP contribution in [0.3, 0.4) is 0 Å². The molecule has 2 aromatic heterocycles. The molecule has 2 amide bonds. The molecular weight excluding hydrogens is 374 g/mol. The SMILES string of the molecule is O=C(NCc1ccccc1)C(c1ccccn1)N(C(=O)c1csnn1)C1CC1. The lowest BCUT2D eigenvalue weighted by Crippen LogP contribution is -2.45. The topological polar surface area (TPSA) is 88.1 Å². The molecule has 1 aliphatic carbocycles. The fraction of sp³-hybridized carbons (Fsp3) is 0.250. The van der Waals surface area contributed by atoms with Crippen LogP contribution in [0, 0.1) is 0 Å². The molecule has 7 nitrogen and oxygen atoms in total. The highest BCUT2D eigenvalue weighted by Gasteiger charge is 2.42. The number of pyridine rings is 1. The third kappa shape index (κ3) is 4.07. The van der Waals surface area contributed by atoms with Crippen LogP contribution in [-0.4, -0.2) is 37.3 Å². The first kappa shape index (κ1) is 18.2. The molecule has 142 valence electrons. The van der Waals surface area contributed by atoms with Crippen LogP contribution in [0.5, 0.6) is 0 Å². The van der Waals surface area contributed by atoms with Crippen LogP contribution >= 0.6 is 11.5 Å². The number of hydrogen-bond acceptors (Lipinski definition) is 6. The lowest BCUT2D eigenvalue weighted by molar-refractivity contribution is -0.126. The van der Waals surface area contributed by atoms with Gasteiger partial charge in [0.2, 0.25) is 5.91 Å². The predicted molar refractivity (Wildman–Crippen MR) is 104 cm³/mol. The molecule has 1 saturated carbocycles. The summed E-state index contributed by atoms with van der Waals surface area (Å²) in [6.07, 6.45) is 3.35. The van der Waals surface area contributed by atoms with Crippen molar-refractivity contribution in [2.24, 2.45) is 0 Å². The van der Waals surface area contributed by atoms with E-state index in [1.807, 2.05) is 36.4 Å². The van der Waals surface area contributed by atoms with Crippen molar-refractivity contribution in [3.8, 4) is 0 Å². The number of carbonyl (C=O) groups is 2. The Labute approximate surface area is 166 Å². The van der Waals surface area contributed by atoms with Crippen molar-refractivity contribution in [2.45, 2.75) is 31.5 Å². The largest absolute Gasteiger partial charge is 0.350 e. The van der Waals surface area contributed by atoms with Crippen LogP contribution in [0.2, 0.25) is 0 Å². The predicted octanol–water partition coefficient (Wildman–Crippen LogP) is 2.60. The second-order valence-corrected chi connectivity index (χ2v) is 7.20. The minimum Gasteiger partial charge on any atom is -0.350 e. The summed E-state index contributed by atoms with van der Waals surface area (Å²) in [6, 6.07) is 14.2. The van der Waals surface area contributed by atoms with E-state index in [4.69, 9.17) is 0 Å². The van der Waals surface area contributed by atoms with Crippen molar-refractivity contribution in [3.05, 3.63) is 77.1 Å². The Morgan fingerprint density at radius 1 is 1.14 bits per heavy atom. The molecule has 0 spiro atoms. The van der Waals surface area contributed by atoms with E-state index >= 15 is 0 Å². The molecule has 0 saturated heterocycles. The summed E-state index contributed by atoms with van der Waals surface area (Å²) in [7, 11) is 0. The van der Waals surface area contributed by atoms with E-state index in [0.717, 1.165) is 29.9 Å². The zero-order valence-corrected chi connectivity index (χ0v) is 15.9. The van der Waals surface area contributed by atoms with Crippen molar-refractivity contribution >= 4 is 23.3 Å². The number of aromatic nitrogens is 3. The van der Waals surface area contributed by atoms with Crippen LogP contribution in [0.1, 0.15) is 40.6 Å². The summed E-state index contributed by atoms with van der Waals surface area (Å²) in [5.74, 6) is -0.548. The lowest BCUT2D eigenvalue weighted by Gasteiger charge is -2.30. The molecule has 0 aliphatic heterocycles. The van der Waals surface area contributed by atoms with Gasteiger partial charge in [-0.3, -0.25) is 14.6 Å². The highest BCUT2D eigenvalue weighted by molar-refractivity contribution is 7.03. The minimum absolute atomic E-state index is 0.00341. The standard InChI is InChI=1S/C20H19N5O2S/c26-19(22-12-14-6-2-1-3-7-14)18(16-8-4-5-11-21-16)25(15-9-10-15)20(27)17-13-28-24-23-17/h1-8,11,13,15,18H,9-10,12H2,(H,22,26). The van der Waals surface area contributed by atoms with E-state index in [1.165, 1.54) is 0 Å². The lowest BCUT2D eigenvalue weighted by atomic mass is 10.1. The summed E-state index contributed by atoms with van der Waals surface area (Å²) in [6.45, 7) is 0.383. The third-order valence-corrected chi connectivity index (χ3v) is 5.06. The molecule has 0 bridgehead atoms. The van der Waals surface area contributed by atoms with Crippen molar-refractivity contribution in [1.82, 2.24) is 24.8 Å². The quantitative estimate of drug-likeness (QED) is 0.667. The van der Waals surface area contributed by atoms with Crippen molar-refractivity contribution in [3.63, 3.8) is 0 Å². The van der Waals surface area contributed by atoms with Crippen molar-refractivity contribution in [2.75, 3.05) is 0 Å². The van der Waals surface area contributed by atoms with Gasteiger partial charge >= 0.3 is 0 Å². The van der Waals surface area contributed by atoms with Gasteiger partial charge in [0.1, 0.15) is 0 Å². The number of nitrogens with one attached hydrogen (secondary N) is 1. The highest BCUT2D eigenvalue weighted by atomic mass is 32.1. The average Bonchev–Trinajstić information content (AvgIpc) is 3.43. The maximum atomic E-state index is 13.2. The van der Waals surface area contributed by atoms with Crippen LogP contribution in [0.15, 0.2) is 60.1 Å². The Morgan fingerprint density at radius 2 is 1.93 bits per heavy atom. The van der Waals surface area contributed by atoms with Gasteiger partial charge in [-0.15, -0.1) is 5.10 Å². The summed E-state index contributed by atoms with van der Waals surface area (Å²) >= 11 is 1.12. The molecule has 4 rings (SSSR count). The van der Waals surface area contributed by atoms with E-state index in [2.05, 4.69) is 19.9 Å². The van der Waals surface area contributed by atoms with E-state index in [-0.39, 0.29) is 23.6 Å². The van der Waals surface area contributed by atoms with Crippen molar-refractivity contribution in [1.29, 1.82) is 0 Å². The third-order valence-electron chi connectivity index (χ3n) is 4.56. The maximum Gasteiger partial charge on any atom is 0.276 e. The minimum atomic E-state index is -0.813. The molecule has 1 unspecified atom stereocenters. The summed E-state index contributed by atoms with van der Waals surface area (Å²) in [5, 5.41) is 8.46. The summed E-state index contributed by atoms with van der Waals surface area (Å²) < 4.78 is 3.79. The molecule has 3 aromatic rings. The zero-order chi connectivity index (χ0) is 19.3. The van der Waals surface area contributed by atoms with Gasteiger partial charge < -0.3 is 10.2 Å². The number of nitrogens with zero attached hydrogens (tertiary/aromatic N) is 4. The summed E-state index contributed by atoms with van der Waals surface area (Å²) in [4.78, 5) is 32.3. The van der Waals surface area contributed by atoms with Crippen LogP contribution in [0.4, 0.5) is 0 Å². The first-order valence-electron chi connectivity index (χ1n) is 9.06. The van der Waals surface area contributed by atoms with Crippen LogP contribution in [-0.2, 0) is 11.3 Å². The van der Waals surface area contributed by atoms with Gasteiger partial charge in [-0.1, -0.05) is 40.9 Å². The fourth-order valence-corrected chi connectivity index (χ4v) is 3.49. The molecule has 1 aliphatic rings. The van der Waals surface area contributed by atoms with E-state index < -0.39 is 6.04 Å². The van der Waals surface area contributed by atoms with Gasteiger partial charge in [-0.25, -0.2) is 0 Å². The Balaban J connectivity index is 1.62. The Morgan fingerprint density at radius 3 is 2.57 bits per heavy atom. The number of hydrogen-bond donors (Lipinski definition) is 1. The molecular formula is C20H19N5O2S. The number of rotatable bonds is 7. The molecule has 28 heavy (non-hydrogen) atoms. The zero-order valence-electron chi connectivity index (χ0n) is 15.1. The molecule has 2 heterocycles. The highest BCUT2D eigenvalue weighted by Crippen LogP contribution is 2.35. The van der Waals surface area contributed by atoms with Crippen LogP contribution < -0.4 is 5.32 Å². The molecule has 0 radical (unpaired) electrons. The number of amides is 2. The molecule has 1 fully saturated rings. The number of benzene rings is 1. The first-order valence-corrected chi connectivity index (χ1v) is 9.90. The second-order valence-electron chi connectivity index (χ2n) is 6.59. The normalized spacial score (nSPS) is 14.3. The van der Waals surface area contributed by atoms with Gasteiger partial charge in [-0.2, -0.15) is 0 Å². The Hall–Kier alpha value is -3.13. The second kappa shape index (κ2) is 8.26. The summed E-state index contributed by atoms with van der Waals surface area (Å²) in [5.41, 5.74) is 1.79. The smallest absolute Gasteiger partial charge is 0.276 e. The van der Waals surface area contributed by atoms with Crippen molar-refractivity contribution < 1.29 is 9.59 Å². The van der Waals surface area contributed by atoms with E-state index in [0.29, 0.717) is 12.2 Å². The molecule has 1 aromatic carbocycles. The number of carbonyl (C=O) groups excluding carboxylic acids is 2. The Bertz CT molecular complexity index is 930. The van der Waals surface area contributed by atoms with Gasteiger partial charge in [0.05, 0.1) is 5.69 Å². The molecule has 8 heteroatoms. The monoisotopic (exact) mass is 393 g/mol. The van der Waals surface area contributed by atoms with E-state index in [1.54, 1.807) is 28.6 Å². The van der Waals surface area contributed by atoms with Gasteiger partial charge in [-0.05, 0) is 42.1 Å². The van der Waals surface area contributed by atoms with Gasteiger partial charge in [0, 0.05) is 24.2 Å². The van der Waals surface area contributed by atoms with Gasteiger partial charge in [0.15, 0.2) is 11.7 Å². The first-order chi connectivity index (χ1) is 13.7. The Kier molecular flexibility index (Phi) is 5.38. The van der Waals surface area contributed by atoms with Crippen LogP contribution in [0.25, 0.3) is 0 Å². The molecule has 1 atom stereocenters. The van der Waals surface area contributed by atoms with Gasteiger partial charge in [0.25, 0.3) is 5.91 Å². The van der Waals surface area contributed by atoms with E-state index in [9.17, 15) is 9.59 Å².